The van der Waals surface area contributed by atoms with Crippen LogP contribution in [0.4, 0.5) is 5.13 Å². The number of benzene rings is 1. The van der Waals surface area contributed by atoms with Crippen LogP contribution in [0.15, 0.2) is 23.6 Å². The quantitative estimate of drug-likeness (QED) is 0.819. The Hall–Kier alpha value is -2.12. The van der Waals surface area contributed by atoms with Gasteiger partial charge < -0.3 is 14.8 Å². The predicted molar refractivity (Wildman–Crippen MR) is 105 cm³/mol. The molecule has 1 saturated heterocycles. The number of rotatable bonds is 6. The Balaban J connectivity index is 1.24. The van der Waals surface area contributed by atoms with Gasteiger partial charge in [0.1, 0.15) is 0 Å². The average molecular weight is 388 g/mol. The Kier molecular flexibility index (Phi) is 5.59. The van der Waals surface area contributed by atoms with Crippen molar-refractivity contribution in [3.63, 3.8) is 0 Å². The molecule has 0 atom stereocenters. The lowest BCUT2D eigenvalue weighted by atomic mass is 9.99. The van der Waals surface area contributed by atoms with Crippen molar-refractivity contribution in [3.8, 4) is 11.5 Å². The summed E-state index contributed by atoms with van der Waals surface area (Å²) < 4.78 is 10.7. The van der Waals surface area contributed by atoms with Gasteiger partial charge in [-0.25, -0.2) is 4.98 Å². The summed E-state index contributed by atoms with van der Waals surface area (Å²) in [7, 11) is 0. The highest BCUT2D eigenvalue weighted by Crippen LogP contribution is 2.32. The molecule has 0 radical (unpaired) electrons. The van der Waals surface area contributed by atoms with Crippen molar-refractivity contribution in [2.45, 2.75) is 39.2 Å². The molecule has 6 nitrogen and oxygen atoms in total. The van der Waals surface area contributed by atoms with Crippen molar-refractivity contribution in [2.24, 2.45) is 5.92 Å². The van der Waals surface area contributed by atoms with E-state index in [0.29, 0.717) is 18.0 Å². The SMILES string of the molecule is CC1CCN(Cc2csc(NC(=O)CCc3ccc4c(c3)OCO4)n2)CC1. The van der Waals surface area contributed by atoms with E-state index in [0.717, 1.165) is 48.3 Å². The first-order valence-electron chi connectivity index (χ1n) is 9.51. The minimum absolute atomic E-state index is 0.0136. The number of ether oxygens (including phenoxy) is 2. The second-order valence-electron chi connectivity index (χ2n) is 7.34. The largest absolute Gasteiger partial charge is 0.454 e. The van der Waals surface area contributed by atoms with E-state index in [4.69, 9.17) is 9.47 Å². The molecule has 1 N–H and O–H groups in total. The predicted octanol–water partition coefficient (Wildman–Crippen LogP) is 3.68. The maximum atomic E-state index is 12.2. The molecular weight excluding hydrogens is 362 g/mol. The highest BCUT2D eigenvalue weighted by Gasteiger charge is 2.17. The molecule has 2 aromatic rings. The van der Waals surface area contributed by atoms with Crippen LogP contribution in [0.5, 0.6) is 11.5 Å². The van der Waals surface area contributed by atoms with E-state index < -0.39 is 0 Å². The zero-order valence-electron chi connectivity index (χ0n) is 15.6. The Labute approximate surface area is 163 Å². The van der Waals surface area contributed by atoms with E-state index in [9.17, 15) is 4.79 Å². The average Bonchev–Trinajstić information content (AvgIpc) is 3.30. The van der Waals surface area contributed by atoms with Gasteiger partial charge in [-0.15, -0.1) is 11.3 Å². The lowest BCUT2D eigenvalue weighted by Crippen LogP contribution is -2.32. The van der Waals surface area contributed by atoms with E-state index in [1.54, 1.807) is 0 Å². The number of anilines is 1. The molecule has 3 heterocycles. The topological polar surface area (TPSA) is 63.7 Å². The Morgan fingerprint density at radius 3 is 2.96 bits per heavy atom. The highest BCUT2D eigenvalue weighted by molar-refractivity contribution is 7.13. The number of piperidine rings is 1. The highest BCUT2D eigenvalue weighted by atomic mass is 32.1. The number of amides is 1. The molecule has 1 amide bonds. The number of likely N-dealkylation sites (tertiary alicyclic amines) is 1. The molecule has 1 aromatic heterocycles. The molecule has 2 aliphatic heterocycles. The first-order valence-corrected chi connectivity index (χ1v) is 10.4. The van der Waals surface area contributed by atoms with Crippen molar-refractivity contribution in [1.82, 2.24) is 9.88 Å². The van der Waals surface area contributed by atoms with Crippen molar-refractivity contribution < 1.29 is 14.3 Å². The van der Waals surface area contributed by atoms with Crippen LogP contribution in [-0.2, 0) is 17.8 Å². The van der Waals surface area contributed by atoms with Gasteiger partial charge in [-0.3, -0.25) is 9.69 Å². The summed E-state index contributed by atoms with van der Waals surface area (Å²) in [5.74, 6) is 2.34. The lowest BCUT2D eigenvalue weighted by Gasteiger charge is -2.29. The van der Waals surface area contributed by atoms with Gasteiger partial charge in [0.05, 0.1) is 5.69 Å². The number of carbonyl (C=O) groups is 1. The van der Waals surface area contributed by atoms with Crippen LogP contribution >= 0.6 is 11.3 Å². The van der Waals surface area contributed by atoms with Gasteiger partial charge in [-0.2, -0.15) is 0 Å². The molecule has 0 aliphatic carbocycles. The first kappa shape index (κ1) is 18.3. The molecule has 1 aromatic carbocycles. The van der Waals surface area contributed by atoms with Gasteiger partial charge in [0.2, 0.25) is 12.7 Å². The maximum absolute atomic E-state index is 12.2. The fourth-order valence-corrected chi connectivity index (χ4v) is 4.14. The molecule has 0 bridgehead atoms. The van der Waals surface area contributed by atoms with Crippen LogP contribution in [0.2, 0.25) is 0 Å². The second kappa shape index (κ2) is 8.27. The van der Waals surface area contributed by atoms with Crippen molar-refractivity contribution >= 4 is 22.4 Å². The number of hydrogen-bond donors (Lipinski definition) is 1. The van der Waals surface area contributed by atoms with Crippen LogP contribution in [0.25, 0.3) is 0 Å². The molecule has 27 heavy (non-hydrogen) atoms. The third-order valence-electron chi connectivity index (χ3n) is 5.14. The van der Waals surface area contributed by atoms with E-state index in [2.05, 4.69) is 22.1 Å². The van der Waals surface area contributed by atoms with Gasteiger partial charge in [0.15, 0.2) is 16.6 Å². The van der Waals surface area contributed by atoms with Gasteiger partial charge in [0, 0.05) is 18.3 Å². The number of fused-ring (bicyclic) bond motifs is 1. The summed E-state index contributed by atoms with van der Waals surface area (Å²) >= 11 is 1.50. The van der Waals surface area contributed by atoms with E-state index in [1.807, 2.05) is 23.6 Å². The van der Waals surface area contributed by atoms with E-state index in [-0.39, 0.29) is 12.7 Å². The van der Waals surface area contributed by atoms with Crippen molar-refractivity contribution in [3.05, 3.63) is 34.8 Å². The Bertz CT molecular complexity index is 800. The van der Waals surface area contributed by atoms with E-state index >= 15 is 0 Å². The smallest absolute Gasteiger partial charge is 0.231 e. The number of aryl methyl sites for hydroxylation is 1. The van der Waals surface area contributed by atoms with Gasteiger partial charge >= 0.3 is 0 Å². The van der Waals surface area contributed by atoms with Gasteiger partial charge in [-0.05, 0) is 56.0 Å². The fourth-order valence-electron chi connectivity index (χ4n) is 3.42. The zero-order chi connectivity index (χ0) is 18.6. The van der Waals surface area contributed by atoms with Crippen LogP contribution in [-0.4, -0.2) is 35.7 Å². The fraction of sp³-hybridized carbons (Fsp3) is 0.500. The minimum atomic E-state index is -0.0136. The van der Waals surface area contributed by atoms with Crippen molar-refractivity contribution in [2.75, 3.05) is 25.2 Å². The van der Waals surface area contributed by atoms with Crippen LogP contribution in [0, 0.1) is 5.92 Å². The van der Waals surface area contributed by atoms with E-state index in [1.165, 1.54) is 24.2 Å². The molecule has 144 valence electrons. The molecule has 0 saturated carbocycles. The minimum Gasteiger partial charge on any atom is -0.454 e. The van der Waals surface area contributed by atoms with Gasteiger partial charge in [0.25, 0.3) is 0 Å². The summed E-state index contributed by atoms with van der Waals surface area (Å²) in [5, 5.41) is 5.66. The number of nitrogens with zero attached hydrogens (tertiary/aromatic N) is 2. The van der Waals surface area contributed by atoms with Crippen LogP contribution < -0.4 is 14.8 Å². The third kappa shape index (κ3) is 4.78. The number of hydrogen-bond acceptors (Lipinski definition) is 6. The monoisotopic (exact) mass is 387 g/mol. The molecule has 0 spiro atoms. The van der Waals surface area contributed by atoms with Crippen LogP contribution in [0.1, 0.15) is 37.4 Å². The molecule has 0 unspecified atom stereocenters. The zero-order valence-corrected chi connectivity index (χ0v) is 16.4. The summed E-state index contributed by atoms with van der Waals surface area (Å²) in [4.78, 5) is 19.3. The maximum Gasteiger partial charge on any atom is 0.231 e. The van der Waals surface area contributed by atoms with Crippen molar-refractivity contribution in [1.29, 1.82) is 0 Å². The molecule has 1 fully saturated rings. The summed E-state index contributed by atoms with van der Waals surface area (Å²) in [6.07, 6.45) is 3.59. The Morgan fingerprint density at radius 2 is 2.11 bits per heavy atom. The standard InChI is InChI=1S/C20H25N3O3S/c1-14-6-8-23(9-7-14)11-16-12-27-20(21-16)22-19(24)5-3-15-2-4-17-18(10-15)26-13-25-17/h2,4,10,12,14H,3,5-9,11,13H2,1H3,(H,21,22,24). The normalized spacial score (nSPS) is 17.2. The number of aromatic nitrogens is 1. The third-order valence-corrected chi connectivity index (χ3v) is 5.94. The second-order valence-corrected chi connectivity index (χ2v) is 8.20. The molecular formula is C20H25N3O3S. The number of thiazole rings is 1. The van der Waals surface area contributed by atoms with Gasteiger partial charge in [-0.1, -0.05) is 13.0 Å². The van der Waals surface area contributed by atoms with Crippen LogP contribution in [0.3, 0.4) is 0 Å². The molecule has 7 heteroatoms. The summed E-state index contributed by atoms with van der Waals surface area (Å²) in [5.41, 5.74) is 2.11. The summed E-state index contributed by atoms with van der Waals surface area (Å²) in [6, 6.07) is 5.81. The summed E-state index contributed by atoms with van der Waals surface area (Å²) in [6.45, 7) is 5.72. The first-order chi connectivity index (χ1) is 13.2. The molecule has 2 aliphatic rings. The Morgan fingerprint density at radius 1 is 1.30 bits per heavy atom. The number of nitrogens with one attached hydrogen (secondary N) is 1. The lowest BCUT2D eigenvalue weighted by molar-refractivity contribution is -0.116. The number of carbonyl (C=O) groups excluding carboxylic acids is 1. The molecule has 4 rings (SSSR count).